The molecule has 0 saturated carbocycles. The van der Waals surface area contributed by atoms with Crippen molar-refractivity contribution in [3.8, 4) is 0 Å². The number of anilines is 1. The molecule has 3 N–H and O–H groups in total. The van der Waals surface area contributed by atoms with Gasteiger partial charge >= 0.3 is 0 Å². The quantitative estimate of drug-likeness (QED) is 0.648. The van der Waals surface area contributed by atoms with E-state index in [0.29, 0.717) is 0 Å². The molecule has 0 radical (unpaired) electrons. The minimum Gasteiger partial charge on any atom is -0.359 e. The van der Waals surface area contributed by atoms with Gasteiger partial charge in [-0.25, -0.2) is 0 Å². The Morgan fingerprint density at radius 1 is 1.32 bits per heavy atom. The summed E-state index contributed by atoms with van der Waals surface area (Å²) in [6.07, 6.45) is 1.84. The Bertz CT molecular complexity index is 762. The van der Waals surface area contributed by atoms with E-state index in [9.17, 15) is 0 Å². The summed E-state index contributed by atoms with van der Waals surface area (Å²) < 4.78 is 1.30. The number of thiophene rings is 1. The summed E-state index contributed by atoms with van der Waals surface area (Å²) in [5.41, 5.74) is 5.20. The third-order valence-corrected chi connectivity index (χ3v) is 6.82. The largest absolute Gasteiger partial charge is 0.359 e. The molecule has 2 heterocycles. The average Bonchev–Trinajstić information content (AvgIpc) is 2.92. The van der Waals surface area contributed by atoms with Gasteiger partial charge in [-0.1, -0.05) is 24.3 Å². The predicted molar refractivity (Wildman–Crippen MR) is 111 cm³/mol. The molecule has 3 rings (SSSR count). The van der Waals surface area contributed by atoms with Gasteiger partial charge in [0.25, 0.3) is 0 Å². The van der Waals surface area contributed by atoms with Gasteiger partial charge in [-0.3, -0.25) is 0 Å². The van der Waals surface area contributed by atoms with Gasteiger partial charge in [0.1, 0.15) is 0 Å². The highest BCUT2D eigenvalue weighted by Crippen LogP contribution is 2.39. The number of benzene rings is 1. The van der Waals surface area contributed by atoms with Crippen molar-refractivity contribution in [3.63, 3.8) is 0 Å². The number of thioether (sulfide) groups is 1. The first-order valence-electron chi connectivity index (χ1n) is 8.57. The second-order valence-corrected chi connectivity index (χ2v) is 8.99. The molecule has 1 atom stereocenters. The second-order valence-electron chi connectivity index (χ2n) is 6.49. The molecular formula is C20H25N3S2. The molecule has 2 aromatic rings. The van der Waals surface area contributed by atoms with Gasteiger partial charge in [0, 0.05) is 40.0 Å². The van der Waals surface area contributed by atoms with Crippen molar-refractivity contribution < 1.29 is 0 Å². The van der Waals surface area contributed by atoms with E-state index in [1.807, 2.05) is 30.1 Å². The molecule has 1 aliphatic rings. The number of allylic oxidation sites excluding steroid dienone is 1. The van der Waals surface area contributed by atoms with Crippen LogP contribution in [0.5, 0.6) is 0 Å². The zero-order valence-electron chi connectivity index (χ0n) is 14.8. The van der Waals surface area contributed by atoms with Gasteiger partial charge in [-0.05, 0) is 50.8 Å². The summed E-state index contributed by atoms with van der Waals surface area (Å²) >= 11 is 3.72. The molecule has 1 aromatic heterocycles. The monoisotopic (exact) mass is 371 g/mol. The molecule has 5 heteroatoms. The van der Waals surface area contributed by atoms with Crippen LogP contribution in [0, 0.1) is 18.3 Å². The standard InChI is InChI=1S/C20H25N3S2/c1-13-4-6-16(7-5-13)23-14(2)10-15-8-9-24-20-18(19(15)21)11-17(25-20)12-22-3/h4-7,11,15,21-23H,2,8-10,12H2,1,3H3. The van der Waals surface area contributed by atoms with Crippen molar-refractivity contribution in [2.24, 2.45) is 5.92 Å². The lowest BCUT2D eigenvalue weighted by Gasteiger charge is -2.18. The van der Waals surface area contributed by atoms with Crippen LogP contribution < -0.4 is 10.6 Å². The lowest BCUT2D eigenvalue weighted by Crippen LogP contribution is -2.17. The van der Waals surface area contributed by atoms with Crippen LogP contribution >= 0.6 is 23.1 Å². The van der Waals surface area contributed by atoms with E-state index >= 15 is 0 Å². The molecular weight excluding hydrogens is 346 g/mol. The van der Waals surface area contributed by atoms with Gasteiger partial charge in [0.2, 0.25) is 0 Å². The van der Waals surface area contributed by atoms with Crippen LogP contribution in [0.15, 0.2) is 46.8 Å². The molecule has 132 valence electrons. The van der Waals surface area contributed by atoms with Crippen LogP contribution in [0.1, 0.15) is 28.8 Å². The van der Waals surface area contributed by atoms with Crippen molar-refractivity contribution in [1.29, 1.82) is 5.41 Å². The Kier molecular flexibility index (Phi) is 5.99. The highest BCUT2D eigenvalue weighted by molar-refractivity contribution is 8.01. The third kappa shape index (κ3) is 4.54. The maximum absolute atomic E-state index is 8.72. The van der Waals surface area contributed by atoms with Crippen molar-refractivity contribution in [1.82, 2.24) is 5.32 Å². The van der Waals surface area contributed by atoms with Gasteiger partial charge in [-0.15, -0.1) is 23.1 Å². The number of fused-ring (bicyclic) bond motifs is 1. The van der Waals surface area contributed by atoms with Crippen molar-refractivity contribution >= 4 is 34.5 Å². The van der Waals surface area contributed by atoms with E-state index < -0.39 is 0 Å². The third-order valence-electron chi connectivity index (χ3n) is 4.36. The highest BCUT2D eigenvalue weighted by Gasteiger charge is 2.25. The smallest absolute Gasteiger partial charge is 0.0692 e. The SMILES string of the molecule is C=C(CC1CCSc2sc(CNC)cc2C1=N)Nc1ccc(C)cc1. The van der Waals surface area contributed by atoms with Crippen molar-refractivity contribution in [2.75, 3.05) is 18.1 Å². The zero-order valence-corrected chi connectivity index (χ0v) is 16.4. The summed E-state index contributed by atoms with van der Waals surface area (Å²) in [6.45, 7) is 7.16. The first-order chi connectivity index (χ1) is 12.1. The van der Waals surface area contributed by atoms with Crippen LogP contribution in [0.2, 0.25) is 0 Å². The van der Waals surface area contributed by atoms with Gasteiger partial charge in [-0.2, -0.15) is 0 Å². The first-order valence-corrected chi connectivity index (χ1v) is 10.4. The van der Waals surface area contributed by atoms with Crippen LogP contribution in [-0.2, 0) is 6.54 Å². The topological polar surface area (TPSA) is 47.9 Å². The fourth-order valence-electron chi connectivity index (χ4n) is 3.03. The van der Waals surface area contributed by atoms with E-state index in [-0.39, 0.29) is 5.92 Å². The number of rotatable bonds is 6. The van der Waals surface area contributed by atoms with Crippen LogP contribution in [-0.4, -0.2) is 18.5 Å². The molecule has 1 unspecified atom stereocenters. The Morgan fingerprint density at radius 2 is 2.08 bits per heavy atom. The molecule has 0 amide bonds. The highest BCUT2D eigenvalue weighted by atomic mass is 32.2. The number of hydrogen-bond donors (Lipinski definition) is 3. The van der Waals surface area contributed by atoms with E-state index in [1.165, 1.54) is 14.6 Å². The van der Waals surface area contributed by atoms with E-state index in [2.05, 4.69) is 54.5 Å². The average molecular weight is 372 g/mol. The molecule has 0 aliphatic carbocycles. The fourth-order valence-corrected chi connectivity index (χ4v) is 5.66. The number of aryl methyl sites for hydroxylation is 1. The number of hydrogen-bond acceptors (Lipinski definition) is 5. The lowest BCUT2D eigenvalue weighted by molar-refractivity contribution is 0.666. The van der Waals surface area contributed by atoms with E-state index in [4.69, 9.17) is 5.41 Å². The van der Waals surface area contributed by atoms with Crippen molar-refractivity contribution in [3.05, 3.63) is 58.6 Å². The fraction of sp³-hybridized carbons (Fsp3) is 0.350. The minimum atomic E-state index is 0.233. The molecule has 1 aromatic carbocycles. The summed E-state index contributed by atoms with van der Waals surface area (Å²) in [5, 5.41) is 15.3. The summed E-state index contributed by atoms with van der Waals surface area (Å²) in [4.78, 5) is 1.31. The predicted octanol–water partition coefficient (Wildman–Crippen LogP) is 5.27. The van der Waals surface area contributed by atoms with Crippen molar-refractivity contribution in [2.45, 2.75) is 30.5 Å². The Balaban J connectivity index is 1.68. The van der Waals surface area contributed by atoms with Gasteiger partial charge < -0.3 is 16.0 Å². The zero-order chi connectivity index (χ0) is 17.8. The lowest BCUT2D eigenvalue weighted by atomic mass is 9.91. The molecule has 1 aliphatic heterocycles. The number of nitrogens with one attached hydrogen (secondary N) is 3. The van der Waals surface area contributed by atoms with Gasteiger partial charge in [0.05, 0.1) is 4.21 Å². The molecule has 0 saturated heterocycles. The Hall–Kier alpha value is -1.56. The summed E-state index contributed by atoms with van der Waals surface area (Å²) in [5.74, 6) is 1.30. The Morgan fingerprint density at radius 3 is 2.80 bits per heavy atom. The maximum Gasteiger partial charge on any atom is 0.0692 e. The van der Waals surface area contributed by atoms with Crippen LogP contribution in [0.4, 0.5) is 5.69 Å². The summed E-state index contributed by atoms with van der Waals surface area (Å²) in [6, 6.07) is 10.5. The normalized spacial score (nSPS) is 17.0. The van der Waals surface area contributed by atoms with E-state index in [1.54, 1.807) is 0 Å². The molecule has 0 bridgehead atoms. The Labute approximate surface area is 158 Å². The summed E-state index contributed by atoms with van der Waals surface area (Å²) in [7, 11) is 1.97. The maximum atomic E-state index is 8.72. The second kappa shape index (κ2) is 8.21. The van der Waals surface area contributed by atoms with Crippen LogP contribution in [0.3, 0.4) is 0 Å². The molecule has 0 fully saturated rings. The molecule has 3 nitrogen and oxygen atoms in total. The minimum absolute atomic E-state index is 0.233. The van der Waals surface area contributed by atoms with E-state index in [0.717, 1.165) is 47.8 Å². The molecule has 25 heavy (non-hydrogen) atoms. The van der Waals surface area contributed by atoms with Crippen LogP contribution in [0.25, 0.3) is 0 Å². The first kappa shape index (κ1) is 18.2. The van der Waals surface area contributed by atoms with Gasteiger partial charge in [0.15, 0.2) is 0 Å². The molecule has 0 spiro atoms.